The van der Waals surface area contributed by atoms with E-state index in [4.69, 9.17) is 14.2 Å². The Bertz CT molecular complexity index is 1060. The Labute approximate surface area is 193 Å². The Balaban J connectivity index is 1.38. The predicted molar refractivity (Wildman–Crippen MR) is 126 cm³/mol. The van der Waals surface area contributed by atoms with E-state index in [2.05, 4.69) is 15.1 Å². The van der Waals surface area contributed by atoms with Crippen molar-refractivity contribution in [3.8, 4) is 28.5 Å². The number of carbonyl (C=O) groups is 1. The fraction of sp³-hybridized carbons (Fsp3) is 0.320. The number of anilines is 1. The summed E-state index contributed by atoms with van der Waals surface area (Å²) in [6.07, 6.45) is 0. The minimum absolute atomic E-state index is 0.0382. The number of nitrogens with zero attached hydrogens (tertiary/aromatic N) is 4. The molecule has 0 saturated carbocycles. The molecule has 1 aliphatic rings. The zero-order chi connectivity index (χ0) is 23.2. The number of hydrogen-bond acceptors (Lipinski definition) is 7. The summed E-state index contributed by atoms with van der Waals surface area (Å²) in [6, 6.07) is 17.0. The van der Waals surface area contributed by atoms with Gasteiger partial charge in [-0.3, -0.25) is 4.79 Å². The van der Waals surface area contributed by atoms with Gasteiger partial charge in [-0.25, -0.2) is 0 Å². The van der Waals surface area contributed by atoms with Crippen LogP contribution in [0.5, 0.6) is 17.2 Å². The molecular formula is C25H28N4O4. The molecule has 8 heteroatoms. The van der Waals surface area contributed by atoms with Gasteiger partial charge in [-0.1, -0.05) is 0 Å². The van der Waals surface area contributed by atoms with Crippen LogP contribution in [0.25, 0.3) is 11.3 Å². The third kappa shape index (κ3) is 5.16. The van der Waals surface area contributed by atoms with Gasteiger partial charge in [0.15, 0.2) is 5.82 Å². The Kier molecular flexibility index (Phi) is 6.92. The number of aromatic nitrogens is 2. The van der Waals surface area contributed by atoms with Crippen molar-refractivity contribution in [1.82, 2.24) is 15.1 Å². The Morgan fingerprint density at radius 2 is 1.52 bits per heavy atom. The van der Waals surface area contributed by atoms with Gasteiger partial charge in [0.2, 0.25) is 0 Å². The zero-order valence-electron chi connectivity index (χ0n) is 19.2. The van der Waals surface area contributed by atoms with Crippen LogP contribution in [0.2, 0.25) is 0 Å². The van der Waals surface area contributed by atoms with E-state index >= 15 is 0 Å². The van der Waals surface area contributed by atoms with Crippen molar-refractivity contribution in [3.63, 3.8) is 0 Å². The maximum atomic E-state index is 13.0. The molecule has 0 atom stereocenters. The molecule has 0 aliphatic carbocycles. The molecule has 4 rings (SSSR count). The fourth-order valence-electron chi connectivity index (χ4n) is 3.79. The number of carbonyl (C=O) groups excluding carboxylic acids is 1. The second-order valence-electron chi connectivity index (χ2n) is 7.61. The number of ether oxygens (including phenoxy) is 3. The van der Waals surface area contributed by atoms with E-state index in [1.165, 1.54) is 0 Å². The summed E-state index contributed by atoms with van der Waals surface area (Å²) in [7, 11) is 3.15. The van der Waals surface area contributed by atoms with Crippen molar-refractivity contribution in [1.29, 1.82) is 0 Å². The van der Waals surface area contributed by atoms with E-state index in [1.54, 1.807) is 32.4 Å². The maximum absolute atomic E-state index is 13.0. The van der Waals surface area contributed by atoms with Crippen molar-refractivity contribution in [3.05, 3.63) is 60.2 Å². The number of rotatable bonds is 7. The molecular weight excluding hydrogens is 420 g/mol. The van der Waals surface area contributed by atoms with Crippen LogP contribution in [-0.4, -0.2) is 68.0 Å². The molecule has 2 heterocycles. The molecule has 1 saturated heterocycles. The number of benzene rings is 2. The van der Waals surface area contributed by atoms with Crippen molar-refractivity contribution >= 4 is 11.7 Å². The summed E-state index contributed by atoms with van der Waals surface area (Å²) in [5.41, 5.74) is 2.35. The zero-order valence-corrected chi connectivity index (χ0v) is 19.2. The monoisotopic (exact) mass is 448 g/mol. The van der Waals surface area contributed by atoms with Crippen molar-refractivity contribution in [2.24, 2.45) is 0 Å². The molecule has 2 aromatic carbocycles. The number of hydrogen-bond donors (Lipinski definition) is 0. The van der Waals surface area contributed by atoms with Crippen molar-refractivity contribution < 1.29 is 19.0 Å². The van der Waals surface area contributed by atoms with Gasteiger partial charge in [-0.2, -0.15) is 0 Å². The largest absolute Gasteiger partial charge is 0.497 e. The summed E-state index contributed by atoms with van der Waals surface area (Å²) >= 11 is 0. The lowest BCUT2D eigenvalue weighted by Gasteiger charge is -2.35. The average molecular weight is 449 g/mol. The first-order chi connectivity index (χ1) is 16.1. The SMILES string of the molecule is CCOc1ccc(-c2ccc(N3CCN(C(=O)c4cc(OC)cc(OC)c4)CC3)nn2)cc1. The van der Waals surface area contributed by atoms with Crippen LogP contribution in [-0.2, 0) is 0 Å². The Hall–Kier alpha value is -3.81. The summed E-state index contributed by atoms with van der Waals surface area (Å²) in [4.78, 5) is 17.0. The molecule has 0 unspecified atom stereocenters. The summed E-state index contributed by atoms with van der Waals surface area (Å²) in [5.74, 6) is 2.80. The highest BCUT2D eigenvalue weighted by Gasteiger charge is 2.24. The Morgan fingerprint density at radius 1 is 0.848 bits per heavy atom. The first-order valence-electron chi connectivity index (χ1n) is 11.0. The first-order valence-corrected chi connectivity index (χ1v) is 11.0. The summed E-state index contributed by atoms with van der Waals surface area (Å²) in [6.45, 7) is 5.17. The molecule has 1 aliphatic heterocycles. The van der Waals surface area contributed by atoms with Crippen LogP contribution in [0, 0.1) is 0 Å². The first kappa shape index (κ1) is 22.4. The van der Waals surface area contributed by atoms with Crippen LogP contribution in [0.15, 0.2) is 54.6 Å². The van der Waals surface area contributed by atoms with E-state index in [0.717, 1.165) is 22.8 Å². The van der Waals surface area contributed by atoms with Gasteiger partial charge in [0.1, 0.15) is 17.2 Å². The van der Waals surface area contributed by atoms with Crippen LogP contribution < -0.4 is 19.1 Å². The molecule has 172 valence electrons. The molecule has 1 amide bonds. The standard InChI is InChI=1S/C25H28N4O4/c1-4-33-20-7-5-18(6-8-20)23-9-10-24(27-26-23)28-11-13-29(14-12-28)25(30)19-15-21(31-2)17-22(16-19)32-3/h5-10,15-17H,4,11-14H2,1-3H3. The van der Waals surface area contributed by atoms with E-state index in [-0.39, 0.29) is 5.91 Å². The van der Waals surface area contributed by atoms with Gasteiger partial charge in [0.05, 0.1) is 26.5 Å². The highest BCUT2D eigenvalue weighted by Crippen LogP contribution is 2.25. The van der Waals surface area contributed by atoms with Gasteiger partial charge in [0.25, 0.3) is 5.91 Å². The smallest absolute Gasteiger partial charge is 0.254 e. The molecule has 3 aromatic rings. The topological polar surface area (TPSA) is 77.0 Å². The third-order valence-electron chi connectivity index (χ3n) is 5.60. The van der Waals surface area contributed by atoms with Crippen molar-refractivity contribution in [2.45, 2.75) is 6.92 Å². The number of methoxy groups -OCH3 is 2. The number of piperazine rings is 1. The van der Waals surface area contributed by atoms with Crippen LogP contribution in [0.1, 0.15) is 17.3 Å². The lowest BCUT2D eigenvalue weighted by atomic mass is 10.1. The van der Waals surface area contributed by atoms with Crippen LogP contribution in [0.4, 0.5) is 5.82 Å². The van der Waals surface area contributed by atoms with E-state index in [9.17, 15) is 4.79 Å². The normalized spacial score (nSPS) is 13.5. The lowest BCUT2D eigenvalue weighted by Crippen LogP contribution is -2.49. The molecule has 0 N–H and O–H groups in total. The summed E-state index contributed by atoms with van der Waals surface area (Å²) < 4.78 is 16.1. The van der Waals surface area contributed by atoms with E-state index in [1.807, 2.05) is 48.2 Å². The molecule has 1 aromatic heterocycles. The average Bonchev–Trinajstić information content (AvgIpc) is 2.89. The van der Waals surface area contributed by atoms with Gasteiger partial charge in [-0.05, 0) is 55.5 Å². The molecule has 33 heavy (non-hydrogen) atoms. The highest BCUT2D eigenvalue weighted by atomic mass is 16.5. The maximum Gasteiger partial charge on any atom is 0.254 e. The summed E-state index contributed by atoms with van der Waals surface area (Å²) in [5, 5.41) is 8.82. The molecule has 8 nitrogen and oxygen atoms in total. The number of amides is 1. The minimum Gasteiger partial charge on any atom is -0.497 e. The Morgan fingerprint density at radius 3 is 2.06 bits per heavy atom. The minimum atomic E-state index is -0.0382. The van der Waals surface area contributed by atoms with Crippen molar-refractivity contribution in [2.75, 3.05) is 51.9 Å². The second-order valence-corrected chi connectivity index (χ2v) is 7.61. The second kappa shape index (κ2) is 10.2. The van der Waals surface area contributed by atoms with Gasteiger partial charge in [-0.15, -0.1) is 10.2 Å². The highest BCUT2D eigenvalue weighted by molar-refractivity contribution is 5.95. The quantitative estimate of drug-likeness (QED) is 0.547. The van der Waals surface area contributed by atoms with Gasteiger partial charge >= 0.3 is 0 Å². The van der Waals surface area contributed by atoms with E-state index in [0.29, 0.717) is 49.8 Å². The van der Waals surface area contributed by atoms with Gasteiger partial charge < -0.3 is 24.0 Å². The fourth-order valence-corrected chi connectivity index (χ4v) is 3.79. The molecule has 0 bridgehead atoms. The lowest BCUT2D eigenvalue weighted by molar-refractivity contribution is 0.0745. The predicted octanol–water partition coefficient (Wildman–Crippen LogP) is 3.52. The van der Waals surface area contributed by atoms with E-state index < -0.39 is 0 Å². The van der Waals surface area contributed by atoms with Crippen LogP contribution in [0.3, 0.4) is 0 Å². The molecule has 0 radical (unpaired) electrons. The molecule has 0 spiro atoms. The van der Waals surface area contributed by atoms with Gasteiger partial charge in [0, 0.05) is 43.4 Å². The third-order valence-corrected chi connectivity index (χ3v) is 5.60. The molecule has 1 fully saturated rings. The van der Waals surface area contributed by atoms with Crippen LogP contribution >= 0.6 is 0 Å².